The SMILES string of the molecule is CCn1cc(-c2cc(C(=O)N3[C@H]4CCC[C@H]5N[C@H](Cc6ccccc6)[C@@H]3C[C@@]45C)on2)cn1. The molecule has 3 fully saturated rings. The average Bonchev–Trinajstić information content (AvgIpc) is 3.56. The third kappa shape index (κ3) is 3.32. The van der Waals surface area contributed by atoms with Crippen LogP contribution in [0.1, 0.15) is 55.6 Å². The fourth-order valence-electron chi connectivity index (χ4n) is 6.56. The van der Waals surface area contributed by atoms with Crippen molar-refractivity contribution in [1.82, 2.24) is 25.2 Å². The van der Waals surface area contributed by atoms with Crippen LogP contribution in [0.5, 0.6) is 0 Å². The van der Waals surface area contributed by atoms with Crippen LogP contribution in [-0.2, 0) is 13.0 Å². The maximum atomic E-state index is 13.9. The molecule has 7 heteroatoms. The van der Waals surface area contributed by atoms with Gasteiger partial charge in [0.2, 0.25) is 5.76 Å². The predicted octanol–water partition coefficient (Wildman–Crippen LogP) is 3.91. The highest BCUT2D eigenvalue weighted by Gasteiger charge is 2.61. The summed E-state index contributed by atoms with van der Waals surface area (Å²) in [5.74, 6) is 0.295. The molecule has 172 valence electrons. The summed E-state index contributed by atoms with van der Waals surface area (Å²) in [5.41, 5.74) is 2.94. The van der Waals surface area contributed by atoms with Gasteiger partial charge in [-0.3, -0.25) is 9.48 Å². The lowest BCUT2D eigenvalue weighted by Gasteiger charge is -2.46. The van der Waals surface area contributed by atoms with E-state index in [9.17, 15) is 4.79 Å². The molecule has 3 aliphatic rings. The minimum Gasteiger partial charge on any atom is -0.350 e. The molecule has 2 saturated heterocycles. The quantitative estimate of drug-likeness (QED) is 0.644. The van der Waals surface area contributed by atoms with E-state index in [1.54, 1.807) is 12.3 Å². The molecule has 2 bridgehead atoms. The van der Waals surface area contributed by atoms with Crippen molar-refractivity contribution in [2.45, 2.75) is 76.7 Å². The Morgan fingerprint density at radius 3 is 2.91 bits per heavy atom. The third-order valence-electron chi connectivity index (χ3n) is 8.26. The van der Waals surface area contributed by atoms with Gasteiger partial charge in [0.15, 0.2) is 0 Å². The first-order chi connectivity index (χ1) is 16.1. The zero-order valence-electron chi connectivity index (χ0n) is 19.3. The summed E-state index contributed by atoms with van der Waals surface area (Å²) < 4.78 is 7.46. The number of rotatable bonds is 5. The number of carbonyl (C=O) groups excluding carboxylic acids is 1. The molecule has 33 heavy (non-hydrogen) atoms. The molecule has 2 aromatic heterocycles. The molecule has 1 N–H and O–H groups in total. The fraction of sp³-hybridized carbons (Fsp3) is 0.500. The van der Waals surface area contributed by atoms with Gasteiger partial charge in [-0.1, -0.05) is 42.4 Å². The molecular weight excluding hydrogens is 414 g/mol. The zero-order valence-corrected chi connectivity index (χ0v) is 19.3. The van der Waals surface area contributed by atoms with Crippen LogP contribution in [0.25, 0.3) is 11.3 Å². The van der Waals surface area contributed by atoms with Gasteiger partial charge < -0.3 is 14.7 Å². The normalized spacial score (nSPS) is 30.5. The molecule has 1 aromatic carbocycles. The Morgan fingerprint density at radius 2 is 2.12 bits per heavy atom. The number of hydrogen-bond acceptors (Lipinski definition) is 5. The first-order valence-electron chi connectivity index (χ1n) is 12.2. The van der Waals surface area contributed by atoms with E-state index in [2.05, 4.69) is 57.7 Å². The number of benzene rings is 1. The second kappa shape index (κ2) is 7.83. The molecular formula is C26H31N5O2. The first kappa shape index (κ1) is 20.7. The summed E-state index contributed by atoms with van der Waals surface area (Å²) in [4.78, 5) is 16.0. The van der Waals surface area contributed by atoms with E-state index in [4.69, 9.17) is 4.52 Å². The Labute approximate surface area is 194 Å². The van der Waals surface area contributed by atoms with Crippen LogP contribution in [0.2, 0.25) is 0 Å². The van der Waals surface area contributed by atoms with Gasteiger partial charge in [0.25, 0.3) is 5.91 Å². The molecule has 6 rings (SSSR count). The molecule has 3 aromatic rings. The molecule has 1 amide bonds. The maximum absolute atomic E-state index is 13.9. The number of likely N-dealkylation sites (tertiary alicyclic amines) is 1. The number of fused-ring (bicyclic) bond motifs is 1. The smallest absolute Gasteiger partial charge is 0.293 e. The van der Waals surface area contributed by atoms with Crippen molar-refractivity contribution in [3.63, 3.8) is 0 Å². The summed E-state index contributed by atoms with van der Waals surface area (Å²) in [6, 6.07) is 13.5. The monoisotopic (exact) mass is 445 g/mol. The van der Waals surface area contributed by atoms with Crippen molar-refractivity contribution >= 4 is 5.91 Å². The van der Waals surface area contributed by atoms with Crippen LogP contribution < -0.4 is 5.32 Å². The molecule has 7 nitrogen and oxygen atoms in total. The molecule has 0 unspecified atom stereocenters. The molecule has 1 aliphatic carbocycles. The summed E-state index contributed by atoms with van der Waals surface area (Å²) in [6.45, 7) is 5.20. The van der Waals surface area contributed by atoms with Gasteiger partial charge in [-0.15, -0.1) is 0 Å². The number of amides is 1. The van der Waals surface area contributed by atoms with Crippen LogP contribution in [0.4, 0.5) is 0 Å². The van der Waals surface area contributed by atoms with E-state index >= 15 is 0 Å². The Bertz CT molecular complexity index is 1150. The summed E-state index contributed by atoms with van der Waals surface area (Å²) in [6.07, 6.45) is 9.05. The van der Waals surface area contributed by atoms with E-state index < -0.39 is 0 Å². The highest BCUT2D eigenvalue weighted by Crippen LogP contribution is 2.53. The van der Waals surface area contributed by atoms with Gasteiger partial charge >= 0.3 is 0 Å². The van der Waals surface area contributed by atoms with Crippen molar-refractivity contribution in [2.24, 2.45) is 5.41 Å². The number of aryl methyl sites for hydroxylation is 1. The third-order valence-corrected chi connectivity index (χ3v) is 8.26. The Kier molecular flexibility index (Phi) is 4.91. The number of hydrogen-bond donors (Lipinski definition) is 1. The number of nitrogens with one attached hydrogen (secondary N) is 1. The van der Waals surface area contributed by atoms with Gasteiger partial charge in [0, 0.05) is 54.0 Å². The van der Waals surface area contributed by atoms with Crippen LogP contribution >= 0.6 is 0 Å². The summed E-state index contributed by atoms with van der Waals surface area (Å²) >= 11 is 0. The lowest BCUT2D eigenvalue weighted by atomic mass is 9.65. The van der Waals surface area contributed by atoms with E-state index in [0.717, 1.165) is 37.8 Å². The van der Waals surface area contributed by atoms with Gasteiger partial charge in [-0.2, -0.15) is 5.10 Å². The maximum Gasteiger partial charge on any atom is 0.293 e. The molecule has 5 atom stereocenters. The Balaban J connectivity index is 1.31. The number of piperidine rings is 1. The van der Waals surface area contributed by atoms with Crippen molar-refractivity contribution < 1.29 is 9.32 Å². The highest BCUT2D eigenvalue weighted by atomic mass is 16.5. The molecule has 0 radical (unpaired) electrons. The highest BCUT2D eigenvalue weighted by molar-refractivity contribution is 5.93. The average molecular weight is 446 g/mol. The molecule has 1 saturated carbocycles. The molecule has 2 aliphatic heterocycles. The summed E-state index contributed by atoms with van der Waals surface area (Å²) in [5, 5.41) is 12.5. The molecule has 0 spiro atoms. The van der Waals surface area contributed by atoms with E-state index in [-0.39, 0.29) is 29.4 Å². The number of nitrogens with zero attached hydrogens (tertiary/aromatic N) is 4. The predicted molar refractivity (Wildman–Crippen MR) is 125 cm³/mol. The topological polar surface area (TPSA) is 76.2 Å². The van der Waals surface area contributed by atoms with E-state index in [1.165, 1.54) is 12.0 Å². The lowest BCUT2D eigenvalue weighted by molar-refractivity contribution is 0.0520. The zero-order chi connectivity index (χ0) is 22.6. The van der Waals surface area contributed by atoms with Gasteiger partial charge in [0.05, 0.1) is 6.20 Å². The van der Waals surface area contributed by atoms with E-state index in [1.807, 2.05) is 17.8 Å². The van der Waals surface area contributed by atoms with Crippen molar-refractivity contribution in [2.75, 3.05) is 0 Å². The Morgan fingerprint density at radius 1 is 1.27 bits per heavy atom. The first-order valence-corrected chi connectivity index (χ1v) is 12.2. The second-order valence-electron chi connectivity index (χ2n) is 10.1. The van der Waals surface area contributed by atoms with Crippen LogP contribution in [-0.4, -0.2) is 49.9 Å². The van der Waals surface area contributed by atoms with Crippen LogP contribution in [0, 0.1) is 5.41 Å². The van der Waals surface area contributed by atoms with Gasteiger partial charge in [-0.05, 0) is 44.6 Å². The molecule has 4 heterocycles. The minimum atomic E-state index is -0.0298. The number of aromatic nitrogens is 3. The Hall–Kier alpha value is -2.93. The summed E-state index contributed by atoms with van der Waals surface area (Å²) in [7, 11) is 0. The van der Waals surface area contributed by atoms with Crippen LogP contribution in [0.3, 0.4) is 0 Å². The van der Waals surface area contributed by atoms with Crippen molar-refractivity contribution in [1.29, 1.82) is 0 Å². The van der Waals surface area contributed by atoms with E-state index in [0.29, 0.717) is 17.5 Å². The largest absolute Gasteiger partial charge is 0.350 e. The van der Waals surface area contributed by atoms with Crippen LogP contribution in [0.15, 0.2) is 53.3 Å². The second-order valence-corrected chi connectivity index (χ2v) is 10.1. The van der Waals surface area contributed by atoms with Crippen molar-refractivity contribution in [3.8, 4) is 11.3 Å². The lowest BCUT2D eigenvalue weighted by Crippen LogP contribution is -2.58. The standard InChI is InChI=1S/C26H31N5O2/c1-3-30-16-18(15-27-30)19-13-22(33-29-19)25(32)31-21-14-26(2)23(10-7-11-24(26)31)28-20(21)12-17-8-5-4-6-9-17/h4-6,8-9,13,15-16,20-21,23-24,28H,3,7,10-12,14H2,1-2H3/t20-,21+,23-,24+,26-/m1/s1. The minimum absolute atomic E-state index is 0.0298. The van der Waals surface area contributed by atoms with Crippen molar-refractivity contribution in [3.05, 3.63) is 60.1 Å². The number of carbonyl (C=O) groups is 1. The van der Waals surface area contributed by atoms with Gasteiger partial charge in [-0.25, -0.2) is 0 Å². The van der Waals surface area contributed by atoms with Gasteiger partial charge in [0.1, 0.15) is 5.69 Å². The fourth-order valence-corrected chi connectivity index (χ4v) is 6.56.